The molecule has 7 nitrogen and oxygen atoms in total. The summed E-state index contributed by atoms with van der Waals surface area (Å²) in [5, 5.41) is 11.5. The molecule has 0 fully saturated rings. The highest BCUT2D eigenvalue weighted by Gasteiger charge is 2.17. The van der Waals surface area contributed by atoms with Crippen LogP contribution in [0.25, 0.3) is 0 Å². The first-order chi connectivity index (χ1) is 12.4. The summed E-state index contributed by atoms with van der Waals surface area (Å²) in [6.07, 6.45) is 1.45. The zero-order chi connectivity index (χ0) is 19.3. The molecule has 2 aromatic rings. The number of anilines is 1. The molecule has 0 aliphatic rings. The van der Waals surface area contributed by atoms with Crippen molar-refractivity contribution in [2.45, 2.75) is 13.8 Å². The zero-order valence-corrected chi connectivity index (χ0v) is 14.9. The second-order valence-electron chi connectivity index (χ2n) is 5.68. The summed E-state index contributed by atoms with van der Waals surface area (Å²) in [4.78, 5) is 38.9. The number of amides is 2. The van der Waals surface area contributed by atoms with E-state index in [1.54, 1.807) is 23.1 Å². The Labute approximate surface area is 151 Å². The fourth-order valence-electron chi connectivity index (χ4n) is 2.54. The quantitative estimate of drug-likeness (QED) is 0.890. The van der Waals surface area contributed by atoms with E-state index in [1.165, 1.54) is 29.9 Å². The molecule has 0 saturated carbocycles. The van der Waals surface area contributed by atoms with E-state index in [0.717, 1.165) is 0 Å². The normalized spacial score (nSPS) is 10.1. The second kappa shape index (κ2) is 8.12. The van der Waals surface area contributed by atoms with Crippen LogP contribution in [0.4, 0.5) is 5.69 Å². The van der Waals surface area contributed by atoms with Gasteiger partial charge in [-0.1, -0.05) is 6.07 Å². The van der Waals surface area contributed by atoms with Crippen molar-refractivity contribution in [3.8, 4) is 6.07 Å². The van der Waals surface area contributed by atoms with Gasteiger partial charge in [0, 0.05) is 31.9 Å². The summed E-state index contributed by atoms with van der Waals surface area (Å²) in [5.74, 6) is -0.737. The predicted molar refractivity (Wildman–Crippen MR) is 98.0 cm³/mol. The van der Waals surface area contributed by atoms with Crippen LogP contribution in [0.3, 0.4) is 0 Å². The molecule has 2 rings (SSSR count). The minimum absolute atomic E-state index is 0.0119. The molecule has 2 amide bonds. The van der Waals surface area contributed by atoms with E-state index in [9.17, 15) is 14.4 Å². The number of carbonyl (C=O) groups is 2. The van der Waals surface area contributed by atoms with Gasteiger partial charge in [0.05, 0.1) is 17.2 Å². The van der Waals surface area contributed by atoms with E-state index in [2.05, 4.69) is 5.32 Å². The number of aryl methyl sites for hydroxylation is 1. The maximum absolute atomic E-state index is 12.5. The van der Waals surface area contributed by atoms with Crippen molar-refractivity contribution < 1.29 is 9.59 Å². The average molecular weight is 352 g/mol. The zero-order valence-electron chi connectivity index (χ0n) is 14.9. The Kier molecular flexibility index (Phi) is 5.91. The number of benzene rings is 1. The van der Waals surface area contributed by atoms with Gasteiger partial charge in [0.2, 0.25) is 0 Å². The standard InChI is InChI=1S/C19H20N4O3/c1-4-23(5-2)18(25)15-10-16(19(26)22(3)12-15)21-17(24)14-8-6-7-13(9-14)11-20/h6-10,12H,4-5H2,1-3H3,(H,21,24). The fraction of sp³-hybridized carbons (Fsp3) is 0.263. The number of nitrogens with one attached hydrogen (secondary N) is 1. The number of nitriles is 1. The predicted octanol–water partition coefficient (Wildman–Crippen LogP) is 1.99. The number of hydrogen-bond acceptors (Lipinski definition) is 4. The number of carbonyl (C=O) groups excluding carboxylic acids is 2. The molecule has 26 heavy (non-hydrogen) atoms. The van der Waals surface area contributed by atoms with Crippen molar-refractivity contribution in [3.05, 3.63) is 63.6 Å². The highest BCUT2D eigenvalue weighted by atomic mass is 16.2. The lowest BCUT2D eigenvalue weighted by atomic mass is 10.1. The lowest BCUT2D eigenvalue weighted by Gasteiger charge is -2.19. The maximum atomic E-state index is 12.5. The van der Waals surface area contributed by atoms with Gasteiger partial charge in [-0.3, -0.25) is 14.4 Å². The summed E-state index contributed by atoms with van der Waals surface area (Å²) in [7, 11) is 1.52. The summed E-state index contributed by atoms with van der Waals surface area (Å²) < 4.78 is 1.26. The molecule has 1 heterocycles. The molecule has 7 heteroatoms. The molecular formula is C19H20N4O3. The summed E-state index contributed by atoms with van der Waals surface area (Å²) in [6.45, 7) is 4.82. The van der Waals surface area contributed by atoms with Crippen LogP contribution in [-0.2, 0) is 7.05 Å². The molecule has 1 N–H and O–H groups in total. The number of hydrogen-bond donors (Lipinski definition) is 1. The molecule has 0 radical (unpaired) electrons. The van der Waals surface area contributed by atoms with Gasteiger partial charge in [0.25, 0.3) is 17.4 Å². The summed E-state index contributed by atoms with van der Waals surface area (Å²) in [6, 6.07) is 9.50. The van der Waals surface area contributed by atoms with E-state index in [-0.39, 0.29) is 17.2 Å². The first-order valence-corrected chi connectivity index (χ1v) is 8.22. The highest BCUT2D eigenvalue weighted by molar-refractivity contribution is 6.05. The van der Waals surface area contributed by atoms with Gasteiger partial charge in [0.15, 0.2) is 0 Å². The van der Waals surface area contributed by atoms with Crippen molar-refractivity contribution in [3.63, 3.8) is 0 Å². The molecule has 0 atom stereocenters. The Morgan fingerprint density at radius 2 is 1.88 bits per heavy atom. The molecule has 0 unspecified atom stereocenters. The van der Waals surface area contributed by atoms with Crippen LogP contribution < -0.4 is 10.9 Å². The van der Waals surface area contributed by atoms with Gasteiger partial charge in [-0.15, -0.1) is 0 Å². The maximum Gasteiger partial charge on any atom is 0.274 e. The van der Waals surface area contributed by atoms with Crippen molar-refractivity contribution in [1.29, 1.82) is 5.26 Å². The molecule has 0 saturated heterocycles. The molecule has 0 spiro atoms. The number of nitrogens with zero attached hydrogens (tertiary/aromatic N) is 3. The number of aromatic nitrogens is 1. The highest BCUT2D eigenvalue weighted by Crippen LogP contribution is 2.11. The second-order valence-corrected chi connectivity index (χ2v) is 5.68. The van der Waals surface area contributed by atoms with Gasteiger partial charge in [-0.25, -0.2) is 0 Å². The van der Waals surface area contributed by atoms with Crippen LogP contribution in [0.5, 0.6) is 0 Å². The van der Waals surface area contributed by atoms with E-state index in [1.807, 2.05) is 19.9 Å². The van der Waals surface area contributed by atoms with Crippen molar-refractivity contribution in [2.24, 2.45) is 7.05 Å². The van der Waals surface area contributed by atoms with Crippen LogP contribution in [0, 0.1) is 11.3 Å². The third-order valence-electron chi connectivity index (χ3n) is 3.98. The largest absolute Gasteiger partial charge is 0.339 e. The Balaban J connectivity index is 2.37. The van der Waals surface area contributed by atoms with Crippen molar-refractivity contribution in [2.75, 3.05) is 18.4 Å². The van der Waals surface area contributed by atoms with Gasteiger partial charge in [-0.05, 0) is 38.1 Å². The first kappa shape index (κ1) is 18.9. The van der Waals surface area contributed by atoms with Crippen LogP contribution in [-0.4, -0.2) is 34.4 Å². The van der Waals surface area contributed by atoms with Crippen LogP contribution in [0.15, 0.2) is 41.3 Å². The van der Waals surface area contributed by atoms with Crippen LogP contribution in [0.2, 0.25) is 0 Å². The average Bonchev–Trinajstić information content (AvgIpc) is 2.66. The van der Waals surface area contributed by atoms with Gasteiger partial charge >= 0.3 is 0 Å². The van der Waals surface area contributed by atoms with Gasteiger partial charge in [-0.2, -0.15) is 5.26 Å². The Morgan fingerprint density at radius 3 is 2.50 bits per heavy atom. The fourth-order valence-corrected chi connectivity index (χ4v) is 2.54. The summed E-state index contributed by atoms with van der Waals surface area (Å²) >= 11 is 0. The van der Waals surface area contributed by atoms with Crippen LogP contribution in [0.1, 0.15) is 40.1 Å². The minimum Gasteiger partial charge on any atom is -0.339 e. The Bertz CT molecular complexity index is 937. The van der Waals surface area contributed by atoms with Crippen molar-refractivity contribution in [1.82, 2.24) is 9.47 Å². The topological polar surface area (TPSA) is 95.2 Å². The molecule has 0 aliphatic heterocycles. The molecule has 0 bridgehead atoms. The van der Waals surface area contributed by atoms with Gasteiger partial charge < -0.3 is 14.8 Å². The van der Waals surface area contributed by atoms with E-state index >= 15 is 0 Å². The SMILES string of the molecule is CCN(CC)C(=O)c1cc(NC(=O)c2cccc(C#N)c2)c(=O)n(C)c1. The van der Waals surface area contributed by atoms with E-state index in [4.69, 9.17) is 5.26 Å². The van der Waals surface area contributed by atoms with E-state index in [0.29, 0.717) is 24.2 Å². The van der Waals surface area contributed by atoms with Crippen molar-refractivity contribution >= 4 is 17.5 Å². The first-order valence-electron chi connectivity index (χ1n) is 8.22. The smallest absolute Gasteiger partial charge is 0.274 e. The molecule has 134 valence electrons. The number of pyridine rings is 1. The lowest BCUT2D eigenvalue weighted by Crippen LogP contribution is -2.32. The Morgan fingerprint density at radius 1 is 1.19 bits per heavy atom. The minimum atomic E-state index is -0.522. The van der Waals surface area contributed by atoms with Gasteiger partial charge in [0.1, 0.15) is 5.69 Å². The molecule has 1 aromatic heterocycles. The Hall–Kier alpha value is -3.40. The number of rotatable bonds is 5. The molecular weight excluding hydrogens is 332 g/mol. The third-order valence-corrected chi connectivity index (χ3v) is 3.98. The lowest BCUT2D eigenvalue weighted by molar-refractivity contribution is 0.0771. The summed E-state index contributed by atoms with van der Waals surface area (Å²) in [5.41, 5.74) is 0.503. The molecule has 1 aromatic carbocycles. The van der Waals surface area contributed by atoms with Crippen LogP contribution >= 0.6 is 0 Å². The molecule has 0 aliphatic carbocycles. The monoisotopic (exact) mass is 352 g/mol. The third kappa shape index (κ3) is 3.98. The van der Waals surface area contributed by atoms with E-state index < -0.39 is 11.5 Å².